The minimum absolute atomic E-state index is 0.128. The van der Waals surface area contributed by atoms with Crippen LogP contribution >= 0.6 is 0 Å². The molecule has 0 spiro atoms. The van der Waals surface area contributed by atoms with Crippen LogP contribution in [-0.4, -0.2) is 32.5 Å². The van der Waals surface area contributed by atoms with Gasteiger partial charge in [-0.1, -0.05) is 48.6 Å². The quantitative estimate of drug-likeness (QED) is 0.328. The first-order valence-corrected chi connectivity index (χ1v) is 13.3. The summed E-state index contributed by atoms with van der Waals surface area (Å²) in [6, 6.07) is 16.4. The molecule has 3 N–H and O–H groups in total. The van der Waals surface area contributed by atoms with Crippen LogP contribution in [0.1, 0.15) is 40.8 Å². The van der Waals surface area contributed by atoms with Gasteiger partial charge < -0.3 is 10.1 Å². The highest BCUT2D eigenvalue weighted by Gasteiger charge is 2.25. The van der Waals surface area contributed by atoms with Crippen LogP contribution in [0.3, 0.4) is 0 Å². The van der Waals surface area contributed by atoms with Crippen LogP contribution in [-0.2, 0) is 26.8 Å². The summed E-state index contributed by atoms with van der Waals surface area (Å²) < 4.78 is 72.9. The Kier molecular flexibility index (Phi) is 6.61. The van der Waals surface area contributed by atoms with E-state index in [2.05, 4.69) is 5.32 Å². The normalized spacial score (nSPS) is 16.0. The zero-order chi connectivity index (χ0) is 24.5. The van der Waals surface area contributed by atoms with Crippen LogP contribution in [0.25, 0.3) is 12.2 Å². The molecule has 0 radical (unpaired) electrons. The van der Waals surface area contributed by atoms with E-state index >= 15 is 0 Å². The average Bonchev–Trinajstić information content (AvgIpc) is 3.21. The molecule has 1 aliphatic rings. The summed E-state index contributed by atoms with van der Waals surface area (Å²) in [6.45, 7) is 2.69. The van der Waals surface area contributed by atoms with E-state index in [4.69, 9.17) is 4.74 Å². The van der Waals surface area contributed by atoms with Crippen molar-refractivity contribution in [3.05, 3.63) is 88.5 Å². The van der Waals surface area contributed by atoms with Crippen LogP contribution < -0.4 is 10.1 Å². The maximum atomic E-state index is 12.2. The molecule has 1 heterocycles. The summed E-state index contributed by atoms with van der Waals surface area (Å²) >= 11 is 0. The second kappa shape index (κ2) is 9.32. The van der Waals surface area contributed by atoms with E-state index in [1.54, 1.807) is 19.1 Å². The van der Waals surface area contributed by atoms with Crippen molar-refractivity contribution in [1.82, 2.24) is 5.32 Å². The summed E-state index contributed by atoms with van der Waals surface area (Å²) in [5.41, 5.74) is 3.09. The third kappa shape index (κ3) is 5.06. The first kappa shape index (κ1) is 24.1. The zero-order valence-electron chi connectivity index (χ0n) is 18.2. The highest BCUT2D eigenvalue weighted by Crippen LogP contribution is 2.33. The topological polar surface area (TPSA) is 130 Å². The zero-order valence-corrected chi connectivity index (χ0v) is 19.8. The molecule has 0 bridgehead atoms. The summed E-state index contributed by atoms with van der Waals surface area (Å²) in [6.07, 6.45) is 2.72. The third-order valence-corrected chi connectivity index (χ3v) is 7.35. The molecule has 3 aromatic carbocycles. The molecule has 3 aromatic rings. The van der Waals surface area contributed by atoms with Crippen molar-refractivity contribution in [2.75, 3.05) is 6.61 Å². The minimum atomic E-state index is -4.59. The molecular weight excluding hydrogens is 478 g/mol. The second-order valence-electron chi connectivity index (χ2n) is 7.73. The Morgan fingerprint density at radius 3 is 2.18 bits per heavy atom. The van der Waals surface area contributed by atoms with E-state index in [1.165, 1.54) is 36.4 Å². The molecule has 0 fully saturated rings. The molecule has 1 aliphatic heterocycles. The minimum Gasteiger partial charge on any atom is -0.494 e. The van der Waals surface area contributed by atoms with Gasteiger partial charge in [0.15, 0.2) is 0 Å². The van der Waals surface area contributed by atoms with E-state index < -0.39 is 20.2 Å². The fourth-order valence-corrected chi connectivity index (χ4v) is 5.42. The Morgan fingerprint density at radius 1 is 0.912 bits per heavy atom. The van der Waals surface area contributed by atoms with Gasteiger partial charge in [0.25, 0.3) is 20.2 Å². The summed E-state index contributed by atoms with van der Waals surface area (Å²) in [7, 11) is -9.16. The molecule has 1 unspecified atom stereocenters. The SMILES string of the molecule is CCOc1ccc(C=Cc2ccc(C3NCc4ccccc43)cc2S(=O)(=O)O)c(S(=O)(=O)O)c1. The number of hydrogen-bond acceptors (Lipinski definition) is 6. The standard InChI is InChI=1S/C24H23NO7S2/c1-2-32-20-12-11-17(23(14-20)34(29,30)31)8-7-16-9-10-18(13-22(16)33(26,27)28)24-21-6-4-3-5-19(21)15-25-24/h3-14,24-25H,2,15H2,1H3,(H,26,27,28)(H,29,30,31). The molecule has 10 heteroatoms. The third-order valence-electron chi connectivity index (χ3n) is 5.53. The van der Waals surface area contributed by atoms with E-state index in [9.17, 15) is 25.9 Å². The van der Waals surface area contributed by atoms with E-state index in [-0.39, 0.29) is 32.7 Å². The van der Waals surface area contributed by atoms with E-state index in [0.29, 0.717) is 18.7 Å². The highest BCUT2D eigenvalue weighted by atomic mass is 32.2. The molecule has 34 heavy (non-hydrogen) atoms. The molecule has 178 valence electrons. The smallest absolute Gasteiger partial charge is 0.295 e. The van der Waals surface area contributed by atoms with Gasteiger partial charge in [-0.05, 0) is 52.9 Å². The lowest BCUT2D eigenvalue weighted by molar-refractivity contribution is 0.339. The fraction of sp³-hybridized carbons (Fsp3) is 0.167. The lowest BCUT2D eigenvalue weighted by atomic mass is 9.97. The lowest BCUT2D eigenvalue weighted by Crippen LogP contribution is -2.14. The van der Waals surface area contributed by atoms with Crippen LogP contribution in [0, 0.1) is 0 Å². The van der Waals surface area contributed by atoms with Gasteiger partial charge in [-0.15, -0.1) is 0 Å². The molecule has 0 saturated carbocycles. The van der Waals surface area contributed by atoms with E-state index in [1.807, 2.05) is 24.3 Å². The molecule has 0 aliphatic carbocycles. The van der Waals surface area contributed by atoms with Crippen LogP contribution in [0.4, 0.5) is 0 Å². The molecule has 0 aromatic heterocycles. The predicted molar refractivity (Wildman–Crippen MR) is 128 cm³/mol. The Labute approximate surface area is 198 Å². The second-order valence-corrected chi connectivity index (χ2v) is 10.5. The van der Waals surface area contributed by atoms with Gasteiger partial charge in [0.2, 0.25) is 0 Å². The van der Waals surface area contributed by atoms with Crippen molar-refractivity contribution < 1.29 is 30.7 Å². The van der Waals surface area contributed by atoms with Crippen molar-refractivity contribution in [3.63, 3.8) is 0 Å². The van der Waals surface area contributed by atoms with Gasteiger partial charge in [-0.25, -0.2) is 0 Å². The Morgan fingerprint density at radius 2 is 1.53 bits per heavy atom. The van der Waals surface area contributed by atoms with Crippen LogP contribution in [0.2, 0.25) is 0 Å². The average molecular weight is 502 g/mol. The Bertz CT molecular complexity index is 1480. The predicted octanol–water partition coefficient (Wildman–Crippen LogP) is 3.94. The Hall–Kier alpha value is -3.02. The van der Waals surface area contributed by atoms with Gasteiger partial charge in [0.1, 0.15) is 15.5 Å². The first-order valence-electron chi connectivity index (χ1n) is 10.4. The summed E-state index contributed by atoms with van der Waals surface area (Å²) in [5.74, 6) is 0.264. The first-order chi connectivity index (χ1) is 16.1. The number of nitrogens with one attached hydrogen (secondary N) is 1. The van der Waals surface area contributed by atoms with Gasteiger partial charge >= 0.3 is 0 Å². The maximum absolute atomic E-state index is 12.2. The van der Waals surface area contributed by atoms with Crippen molar-refractivity contribution in [2.45, 2.75) is 29.3 Å². The molecular formula is C24H23NO7S2. The van der Waals surface area contributed by atoms with E-state index in [0.717, 1.165) is 11.1 Å². The number of hydrogen-bond donors (Lipinski definition) is 3. The van der Waals surface area contributed by atoms with Crippen LogP contribution in [0.5, 0.6) is 5.75 Å². The van der Waals surface area contributed by atoms with Crippen molar-refractivity contribution in [3.8, 4) is 5.75 Å². The number of ether oxygens (including phenoxy) is 1. The van der Waals surface area contributed by atoms with Gasteiger partial charge in [0.05, 0.1) is 12.6 Å². The van der Waals surface area contributed by atoms with Crippen molar-refractivity contribution in [2.24, 2.45) is 0 Å². The summed E-state index contributed by atoms with van der Waals surface area (Å²) in [4.78, 5) is -0.696. The molecule has 0 amide bonds. The monoisotopic (exact) mass is 501 g/mol. The number of fused-ring (bicyclic) bond motifs is 1. The maximum Gasteiger partial charge on any atom is 0.295 e. The fourth-order valence-electron chi connectivity index (χ4n) is 4.00. The highest BCUT2D eigenvalue weighted by molar-refractivity contribution is 7.86. The molecule has 0 saturated heterocycles. The van der Waals surface area contributed by atoms with Gasteiger partial charge in [0, 0.05) is 12.6 Å². The molecule has 1 atom stereocenters. The van der Waals surface area contributed by atoms with Crippen molar-refractivity contribution >= 4 is 32.4 Å². The number of benzene rings is 3. The van der Waals surface area contributed by atoms with Crippen LogP contribution in [0.15, 0.2) is 70.5 Å². The van der Waals surface area contributed by atoms with Crippen molar-refractivity contribution in [1.29, 1.82) is 0 Å². The summed E-state index contributed by atoms with van der Waals surface area (Å²) in [5, 5.41) is 3.33. The Balaban J connectivity index is 1.75. The van der Waals surface area contributed by atoms with Gasteiger partial charge in [-0.3, -0.25) is 9.11 Å². The largest absolute Gasteiger partial charge is 0.494 e. The van der Waals surface area contributed by atoms with Gasteiger partial charge in [-0.2, -0.15) is 16.8 Å². The molecule has 4 rings (SSSR count). The number of rotatable bonds is 7. The lowest BCUT2D eigenvalue weighted by Gasteiger charge is -2.15. The molecule has 8 nitrogen and oxygen atoms in total.